The number of alkyl halides is 3. The minimum Gasteiger partial charge on any atom is -0.464 e. The van der Waals surface area contributed by atoms with Crippen LogP contribution in [0, 0.1) is 0 Å². The lowest BCUT2D eigenvalue weighted by Crippen LogP contribution is -2.56. The van der Waals surface area contributed by atoms with E-state index in [0.717, 1.165) is 0 Å². The van der Waals surface area contributed by atoms with Crippen molar-refractivity contribution in [3.63, 3.8) is 0 Å². The number of rotatable bonds is 9. The lowest BCUT2D eigenvalue weighted by atomic mass is 10.0. The van der Waals surface area contributed by atoms with Crippen molar-refractivity contribution in [2.24, 2.45) is 4.99 Å². The molecule has 1 N–H and O–H groups in total. The van der Waals surface area contributed by atoms with Crippen LogP contribution >= 0.6 is 0 Å². The van der Waals surface area contributed by atoms with Gasteiger partial charge in [-0.05, 0) is 27.2 Å². The Balaban J connectivity index is 2.67. The van der Waals surface area contributed by atoms with Crippen LogP contribution in [0.1, 0.15) is 45.2 Å². The van der Waals surface area contributed by atoms with Gasteiger partial charge in [-0.1, -0.05) is 67.6 Å². The smallest absolute Gasteiger partial charge is 0.407 e. The Labute approximate surface area is 195 Å². The summed E-state index contributed by atoms with van der Waals surface area (Å²) in [6.45, 7) is 6.30. The fourth-order valence-electron chi connectivity index (χ4n) is 2.80. The third-order valence-corrected chi connectivity index (χ3v) is 6.09. The fraction of sp³-hybridized carbons (Fsp3) is 0.417. The van der Waals surface area contributed by atoms with Gasteiger partial charge in [0.2, 0.25) is 0 Å². The van der Waals surface area contributed by atoms with Crippen LogP contribution in [-0.4, -0.2) is 45.5 Å². The molecule has 0 fully saturated rings. The van der Waals surface area contributed by atoms with Crippen molar-refractivity contribution in [1.82, 2.24) is 4.72 Å². The van der Waals surface area contributed by atoms with Gasteiger partial charge in [0.25, 0.3) is 0 Å². The molecule has 0 spiro atoms. The van der Waals surface area contributed by atoms with E-state index in [1.807, 2.05) is 0 Å². The van der Waals surface area contributed by atoms with Crippen molar-refractivity contribution in [2.45, 2.75) is 57.1 Å². The molecule has 0 saturated heterocycles. The molecule has 180 valence electrons. The lowest BCUT2D eigenvalue weighted by molar-refractivity contribution is -0.170. The van der Waals surface area contributed by atoms with Gasteiger partial charge in [-0.2, -0.15) is 13.2 Å². The number of nitrogens with one attached hydrogen (secondary N) is 1. The number of carbonyl (C=O) groups excluding carboxylic acids is 1. The molecule has 0 saturated carbocycles. The molecule has 0 aliphatic carbocycles. The van der Waals surface area contributed by atoms with Crippen molar-refractivity contribution in [3.8, 4) is 0 Å². The number of hydrogen-bond donors (Lipinski definition) is 1. The van der Waals surface area contributed by atoms with Crippen LogP contribution in [0.25, 0.3) is 0 Å². The van der Waals surface area contributed by atoms with Gasteiger partial charge in [0.15, 0.2) is 6.04 Å². The summed E-state index contributed by atoms with van der Waals surface area (Å²) in [5, 5.41) is 0. The summed E-state index contributed by atoms with van der Waals surface area (Å²) >= 11 is 0. The Morgan fingerprint density at radius 2 is 1.48 bits per heavy atom. The molecular weight excluding hydrogens is 453 g/mol. The summed E-state index contributed by atoms with van der Waals surface area (Å²) in [6.07, 6.45) is -4.48. The number of nitrogens with zero attached hydrogens (tertiary/aromatic N) is 1. The van der Waals surface area contributed by atoms with Crippen LogP contribution in [0.15, 0.2) is 65.7 Å². The number of esters is 1. The quantitative estimate of drug-likeness (QED) is 0.411. The maximum Gasteiger partial charge on any atom is 0.407 e. The second-order valence-electron chi connectivity index (χ2n) is 8.34. The van der Waals surface area contributed by atoms with Crippen LogP contribution in [0.2, 0.25) is 0 Å². The summed E-state index contributed by atoms with van der Waals surface area (Å²) < 4.78 is 61.3. The normalized spacial score (nSPS) is 14.8. The molecule has 3 atom stereocenters. The third-order valence-electron chi connectivity index (χ3n) is 4.51. The van der Waals surface area contributed by atoms with E-state index in [9.17, 15) is 22.2 Å². The van der Waals surface area contributed by atoms with E-state index in [1.165, 1.54) is 20.8 Å². The predicted molar refractivity (Wildman–Crippen MR) is 124 cm³/mol. The van der Waals surface area contributed by atoms with Crippen molar-refractivity contribution in [3.05, 3.63) is 71.8 Å². The molecule has 0 aliphatic rings. The average Bonchev–Trinajstić information content (AvgIpc) is 2.76. The minimum absolute atomic E-state index is 0.0518. The first kappa shape index (κ1) is 26.7. The summed E-state index contributed by atoms with van der Waals surface area (Å²) in [5.74, 6) is -1.14. The van der Waals surface area contributed by atoms with E-state index in [4.69, 9.17) is 4.74 Å². The highest BCUT2D eigenvalue weighted by Crippen LogP contribution is 2.28. The van der Waals surface area contributed by atoms with E-state index in [1.54, 1.807) is 67.6 Å². The Hall–Kier alpha value is -2.52. The van der Waals surface area contributed by atoms with Gasteiger partial charge < -0.3 is 4.74 Å². The number of ether oxygens (including phenoxy) is 1. The zero-order valence-corrected chi connectivity index (χ0v) is 19.9. The molecule has 2 aromatic carbocycles. The molecule has 9 heteroatoms. The number of hydrogen-bond acceptors (Lipinski definition) is 4. The first-order chi connectivity index (χ1) is 15.4. The van der Waals surface area contributed by atoms with Gasteiger partial charge in [0, 0.05) is 11.1 Å². The van der Waals surface area contributed by atoms with Gasteiger partial charge in [-0.3, -0.25) is 4.99 Å². The van der Waals surface area contributed by atoms with Crippen LogP contribution in [-0.2, 0) is 20.5 Å². The van der Waals surface area contributed by atoms with Gasteiger partial charge in [0.1, 0.15) is 6.04 Å². The third kappa shape index (κ3) is 7.78. The predicted octanol–water partition coefficient (Wildman–Crippen LogP) is 4.83. The van der Waals surface area contributed by atoms with Crippen molar-refractivity contribution >= 4 is 22.7 Å². The maximum absolute atomic E-state index is 14.2. The van der Waals surface area contributed by atoms with Crippen molar-refractivity contribution < 1.29 is 26.9 Å². The highest BCUT2D eigenvalue weighted by Gasteiger charge is 2.50. The van der Waals surface area contributed by atoms with E-state index >= 15 is 0 Å². The Kier molecular flexibility index (Phi) is 9.36. The van der Waals surface area contributed by atoms with E-state index in [2.05, 4.69) is 9.71 Å². The number of halogens is 3. The highest BCUT2D eigenvalue weighted by atomic mass is 32.2. The van der Waals surface area contributed by atoms with Gasteiger partial charge in [-0.25, -0.2) is 13.7 Å². The molecule has 2 rings (SSSR count). The summed E-state index contributed by atoms with van der Waals surface area (Å²) in [5.41, 5.74) is 1.27. The first-order valence-electron chi connectivity index (χ1n) is 10.5. The van der Waals surface area contributed by atoms with Gasteiger partial charge in [0.05, 0.1) is 28.1 Å². The Bertz CT molecular complexity index is 917. The lowest BCUT2D eigenvalue weighted by Gasteiger charge is -2.29. The van der Waals surface area contributed by atoms with Crippen molar-refractivity contribution in [2.75, 3.05) is 6.61 Å². The van der Waals surface area contributed by atoms with E-state index in [0.29, 0.717) is 17.5 Å². The van der Waals surface area contributed by atoms with Gasteiger partial charge in [-0.15, -0.1) is 0 Å². The zero-order valence-electron chi connectivity index (χ0n) is 19.1. The highest BCUT2D eigenvalue weighted by molar-refractivity contribution is 7.84. The SMILES string of the molecule is CCCOC(=O)[C@@H](N=C(c1ccccc1)c1ccccc1)[C@H](NS(=O)C(C)(C)C)C(F)(F)F. The molecule has 5 nitrogen and oxygen atoms in total. The van der Waals surface area contributed by atoms with Crippen LogP contribution < -0.4 is 4.72 Å². The molecule has 33 heavy (non-hydrogen) atoms. The summed E-state index contributed by atoms with van der Waals surface area (Å²) in [7, 11) is -2.11. The number of benzene rings is 2. The monoisotopic (exact) mass is 482 g/mol. The van der Waals surface area contributed by atoms with E-state index < -0.39 is 40.0 Å². The molecule has 0 radical (unpaired) electrons. The first-order valence-corrected chi connectivity index (χ1v) is 11.7. The Morgan fingerprint density at radius 1 is 1.00 bits per heavy atom. The second kappa shape index (κ2) is 11.6. The van der Waals surface area contributed by atoms with Crippen LogP contribution in [0.4, 0.5) is 13.2 Å². The molecule has 0 heterocycles. The summed E-state index contributed by atoms with van der Waals surface area (Å²) in [6, 6.07) is 12.7. The zero-order chi connectivity index (χ0) is 24.6. The van der Waals surface area contributed by atoms with Crippen molar-refractivity contribution in [1.29, 1.82) is 0 Å². The second-order valence-corrected chi connectivity index (χ2v) is 10.3. The molecule has 2 aromatic rings. The molecule has 0 amide bonds. The topological polar surface area (TPSA) is 67.8 Å². The number of carbonyl (C=O) groups is 1. The molecule has 1 unspecified atom stereocenters. The molecule has 0 aliphatic heterocycles. The standard InChI is InChI=1S/C24H29F3N2O3S/c1-5-16-32-22(30)20(21(24(25,26)27)29-33(31)23(2,3)4)28-19(17-12-8-6-9-13-17)18-14-10-7-11-15-18/h6-15,20-21,29H,5,16H2,1-4H3/t20-,21-,33?/m0/s1. The van der Waals surface area contributed by atoms with Crippen LogP contribution in [0.5, 0.6) is 0 Å². The molecule has 0 aromatic heterocycles. The largest absolute Gasteiger partial charge is 0.464 e. The molecular formula is C24H29F3N2O3S. The fourth-order valence-corrected chi connectivity index (χ4v) is 3.65. The minimum atomic E-state index is -4.92. The van der Waals surface area contributed by atoms with E-state index in [-0.39, 0.29) is 12.3 Å². The van der Waals surface area contributed by atoms with Crippen LogP contribution in [0.3, 0.4) is 0 Å². The van der Waals surface area contributed by atoms with Gasteiger partial charge >= 0.3 is 12.1 Å². The average molecular weight is 483 g/mol. The maximum atomic E-state index is 14.2. The Morgan fingerprint density at radius 3 is 1.88 bits per heavy atom. The summed E-state index contributed by atoms with van der Waals surface area (Å²) in [4.78, 5) is 17.1. The molecule has 0 bridgehead atoms. The number of aliphatic imine (C=N–C) groups is 1.